The van der Waals surface area contributed by atoms with Crippen molar-refractivity contribution in [1.29, 1.82) is 0 Å². The van der Waals surface area contributed by atoms with E-state index in [1.54, 1.807) is 0 Å². The van der Waals surface area contributed by atoms with E-state index in [0.29, 0.717) is 5.25 Å². The molecule has 0 heterocycles. The first-order valence-corrected chi connectivity index (χ1v) is 6.66. The summed E-state index contributed by atoms with van der Waals surface area (Å²) in [6.45, 7) is 2.15. The molecule has 0 spiro atoms. The molecule has 0 radical (unpaired) electrons. The van der Waals surface area contributed by atoms with Crippen LogP contribution in [0.1, 0.15) is 30.4 Å². The van der Waals surface area contributed by atoms with E-state index in [-0.39, 0.29) is 6.10 Å². The lowest BCUT2D eigenvalue weighted by Crippen LogP contribution is -2.15. The second kappa shape index (κ2) is 5.04. The van der Waals surface area contributed by atoms with E-state index in [9.17, 15) is 5.11 Å². The van der Waals surface area contributed by atoms with Crippen LogP contribution in [0.3, 0.4) is 0 Å². The summed E-state index contributed by atoms with van der Waals surface area (Å²) >= 11 is 1.91. The summed E-state index contributed by atoms with van der Waals surface area (Å²) in [4.78, 5) is 0. The summed E-state index contributed by atoms with van der Waals surface area (Å²) in [6.07, 6.45) is 3.29. The van der Waals surface area contributed by atoms with E-state index >= 15 is 0 Å². The van der Waals surface area contributed by atoms with E-state index in [2.05, 4.69) is 31.2 Å². The zero-order chi connectivity index (χ0) is 10.7. The van der Waals surface area contributed by atoms with Crippen LogP contribution < -0.4 is 0 Å². The van der Waals surface area contributed by atoms with Gasteiger partial charge in [0.05, 0.1) is 6.10 Å². The second-order valence-electron chi connectivity index (χ2n) is 4.27. The highest BCUT2D eigenvalue weighted by atomic mass is 32.2. The summed E-state index contributed by atoms with van der Waals surface area (Å²) < 4.78 is 0. The summed E-state index contributed by atoms with van der Waals surface area (Å²) in [7, 11) is 0. The van der Waals surface area contributed by atoms with Gasteiger partial charge in [0.2, 0.25) is 0 Å². The summed E-state index contributed by atoms with van der Waals surface area (Å²) in [5.74, 6) is 1.04. The Morgan fingerprint density at radius 3 is 2.80 bits per heavy atom. The van der Waals surface area contributed by atoms with Gasteiger partial charge in [0.25, 0.3) is 0 Å². The molecule has 1 saturated carbocycles. The fraction of sp³-hybridized carbons (Fsp3) is 0.538. The van der Waals surface area contributed by atoms with Gasteiger partial charge in [0.1, 0.15) is 0 Å². The zero-order valence-corrected chi connectivity index (χ0v) is 9.96. The van der Waals surface area contributed by atoms with E-state index in [4.69, 9.17) is 0 Å². The molecule has 0 aliphatic heterocycles. The van der Waals surface area contributed by atoms with Crippen LogP contribution in [0.25, 0.3) is 0 Å². The predicted molar refractivity (Wildman–Crippen MR) is 66.1 cm³/mol. The Kier molecular flexibility index (Phi) is 3.71. The molecule has 1 aliphatic rings. The van der Waals surface area contributed by atoms with Crippen LogP contribution in [0.4, 0.5) is 0 Å². The first-order valence-electron chi connectivity index (χ1n) is 5.61. The van der Waals surface area contributed by atoms with Crippen molar-refractivity contribution in [3.05, 3.63) is 35.4 Å². The normalized spacial score (nSPS) is 25.7. The van der Waals surface area contributed by atoms with Crippen molar-refractivity contribution >= 4 is 11.8 Å². The Labute approximate surface area is 95.9 Å². The molecule has 0 amide bonds. The van der Waals surface area contributed by atoms with Crippen LogP contribution in [0.15, 0.2) is 24.3 Å². The molecule has 0 saturated heterocycles. The Morgan fingerprint density at radius 2 is 2.13 bits per heavy atom. The van der Waals surface area contributed by atoms with Crippen LogP contribution in [0.5, 0.6) is 0 Å². The molecule has 1 N–H and O–H groups in total. The number of hydrogen-bond acceptors (Lipinski definition) is 2. The lowest BCUT2D eigenvalue weighted by Gasteiger charge is -2.14. The van der Waals surface area contributed by atoms with Gasteiger partial charge in [-0.1, -0.05) is 24.3 Å². The summed E-state index contributed by atoms with van der Waals surface area (Å²) in [6, 6.07) is 8.51. The van der Waals surface area contributed by atoms with Gasteiger partial charge in [-0.3, -0.25) is 0 Å². The molecular formula is C13H18OS. The molecule has 1 aliphatic carbocycles. The van der Waals surface area contributed by atoms with Gasteiger partial charge in [-0.2, -0.15) is 11.8 Å². The van der Waals surface area contributed by atoms with Crippen LogP contribution in [0.2, 0.25) is 0 Å². The Hall–Kier alpha value is -0.470. The average molecular weight is 222 g/mol. The maximum absolute atomic E-state index is 9.72. The van der Waals surface area contributed by atoms with Gasteiger partial charge in [0.15, 0.2) is 0 Å². The fourth-order valence-corrected chi connectivity index (χ4v) is 3.48. The minimum atomic E-state index is -0.0704. The molecule has 0 bridgehead atoms. The number of hydrogen-bond donors (Lipinski definition) is 1. The molecule has 1 aromatic carbocycles. The minimum absolute atomic E-state index is 0.0704. The van der Waals surface area contributed by atoms with Crippen molar-refractivity contribution in [2.24, 2.45) is 0 Å². The lowest BCUT2D eigenvalue weighted by molar-refractivity contribution is 0.188. The molecule has 15 heavy (non-hydrogen) atoms. The van der Waals surface area contributed by atoms with E-state index < -0.39 is 0 Å². The van der Waals surface area contributed by atoms with Gasteiger partial charge >= 0.3 is 0 Å². The number of thioether (sulfide) groups is 1. The molecule has 0 unspecified atom stereocenters. The third-order valence-electron chi connectivity index (χ3n) is 3.13. The second-order valence-corrected chi connectivity index (χ2v) is 5.50. The van der Waals surface area contributed by atoms with Gasteiger partial charge in [-0.15, -0.1) is 0 Å². The molecule has 1 aromatic rings. The van der Waals surface area contributed by atoms with Crippen LogP contribution in [-0.2, 0) is 5.75 Å². The van der Waals surface area contributed by atoms with E-state index in [1.165, 1.54) is 24.0 Å². The third-order valence-corrected chi connectivity index (χ3v) is 4.59. The number of aliphatic hydroxyl groups excluding tert-OH is 1. The topological polar surface area (TPSA) is 20.2 Å². The molecule has 2 heteroatoms. The van der Waals surface area contributed by atoms with Gasteiger partial charge in [0, 0.05) is 11.0 Å². The standard InChI is InChI=1S/C13H18OS/c1-10-5-2-3-6-11(10)9-15-13-8-4-7-12(13)14/h2-3,5-6,12-14H,4,7-9H2,1H3/t12-,13-/m0/s1. The van der Waals surface area contributed by atoms with Crippen molar-refractivity contribution in [3.63, 3.8) is 0 Å². The van der Waals surface area contributed by atoms with Crippen molar-refractivity contribution in [2.45, 2.75) is 43.3 Å². The van der Waals surface area contributed by atoms with Crippen molar-refractivity contribution < 1.29 is 5.11 Å². The molecule has 1 nitrogen and oxygen atoms in total. The fourth-order valence-electron chi connectivity index (χ4n) is 2.07. The van der Waals surface area contributed by atoms with Gasteiger partial charge in [-0.25, -0.2) is 0 Å². The first kappa shape index (κ1) is 11.0. The summed E-state index contributed by atoms with van der Waals surface area (Å²) in [5.41, 5.74) is 2.76. The number of aryl methyl sites for hydroxylation is 1. The number of rotatable bonds is 3. The Morgan fingerprint density at radius 1 is 1.33 bits per heavy atom. The largest absolute Gasteiger partial charge is 0.392 e. The number of benzene rings is 1. The average Bonchev–Trinajstić information content (AvgIpc) is 2.63. The SMILES string of the molecule is Cc1ccccc1CS[C@H]1CCC[C@@H]1O. The smallest absolute Gasteiger partial charge is 0.0658 e. The molecule has 82 valence electrons. The van der Waals surface area contributed by atoms with Gasteiger partial charge < -0.3 is 5.11 Å². The molecule has 2 atom stereocenters. The minimum Gasteiger partial charge on any atom is -0.392 e. The molecule has 2 rings (SSSR count). The van der Waals surface area contributed by atoms with Crippen molar-refractivity contribution in [3.8, 4) is 0 Å². The molecule has 0 aromatic heterocycles. The van der Waals surface area contributed by atoms with Crippen LogP contribution in [0, 0.1) is 6.92 Å². The Balaban J connectivity index is 1.90. The quantitative estimate of drug-likeness (QED) is 0.848. The maximum Gasteiger partial charge on any atom is 0.0658 e. The zero-order valence-electron chi connectivity index (χ0n) is 9.15. The highest BCUT2D eigenvalue weighted by Crippen LogP contribution is 2.32. The summed E-state index contributed by atoms with van der Waals surface area (Å²) in [5, 5.41) is 10.2. The van der Waals surface area contributed by atoms with Crippen molar-refractivity contribution in [1.82, 2.24) is 0 Å². The number of aliphatic hydroxyl groups is 1. The van der Waals surface area contributed by atoms with Crippen LogP contribution in [-0.4, -0.2) is 16.5 Å². The highest BCUT2D eigenvalue weighted by Gasteiger charge is 2.25. The van der Waals surface area contributed by atoms with Gasteiger partial charge in [-0.05, 0) is 37.3 Å². The maximum atomic E-state index is 9.72. The van der Waals surface area contributed by atoms with E-state index in [1.807, 2.05) is 11.8 Å². The molecule has 1 fully saturated rings. The van der Waals surface area contributed by atoms with Crippen LogP contribution >= 0.6 is 11.8 Å². The monoisotopic (exact) mass is 222 g/mol. The van der Waals surface area contributed by atoms with E-state index in [0.717, 1.165) is 12.2 Å². The molecular weight excluding hydrogens is 204 g/mol. The lowest BCUT2D eigenvalue weighted by atomic mass is 10.1. The predicted octanol–water partition coefficient (Wildman–Crippen LogP) is 3.14. The third kappa shape index (κ3) is 2.76. The van der Waals surface area contributed by atoms with Crippen molar-refractivity contribution in [2.75, 3.05) is 0 Å². The first-order chi connectivity index (χ1) is 7.27. The Bertz CT molecular complexity index is 324. The highest BCUT2D eigenvalue weighted by molar-refractivity contribution is 7.99.